The summed E-state index contributed by atoms with van der Waals surface area (Å²) in [4.78, 5) is 46.7. The molecule has 178 valence electrons. The number of nitrogens with zero attached hydrogens (tertiary/aromatic N) is 3. The standard InChI is InChI=1S/C28H28N4O3/c1-28-16-13-25(34)32(28)23-11-6-5-10-22(23)27(35)31(28)19-7-12-24(33)30-26(20-8-3-2-4-9-20)21-14-17-29-18-15-21/h2-6,8-11,14-15,17-18,26H,7,12-13,16,19H2,1H3,(H,30,33). The molecule has 7 nitrogen and oxygen atoms in total. The van der Waals surface area contributed by atoms with Gasteiger partial charge in [0.15, 0.2) is 0 Å². The molecule has 0 aliphatic carbocycles. The normalized spacial score (nSPS) is 19.8. The summed E-state index contributed by atoms with van der Waals surface area (Å²) in [5, 5.41) is 3.14. The lowest BCUT2D eigenvalue weighted by molar-refractivity contribution is -0.122. The summed E-state index contributed by atoms with van der Waals surface area (Å²) in [7, 11) is 0. The number of rotatable bonds is 7. The molecule has 1 fully saturated rings. The second-order valence-electron chi connectivity index (χ2n) is 9.22. The Bertz CT molecular complexity index is 1210. The fourth-order valence-corrected chi connectivity index (χ4v) is 5.23. The minimum absolute atomic E-state index is 0.0262. The quantitative estimate of drug-likeness (QED) is 0.567. The van der Waals surface area contributed by atoms with E-state index in [4.69, 9.17) is 0 Å². The Labute approximate surface area is 204 Å². The number of hydrogen-bond acceptors (Lipinski definition) is 4. The van der Waals surface area contributed by atoms with Crippen LogP contribution in [-0.4, -0.2) is 39.8 Å². The van der Waals surface area contributed by atoms with Crippen LogP contribution in [0.1, 0.15) is 60.1 Å². The van der Waals surface area contributed by atoms with Gasteiger partial charge in [-0.15, -0.1) is 0 Å². The first-order valence-corrected chi connectivity index (χ1v) is 12.0. The third-order valence-electron chi connectivity index (χ3n) is 7.01. The van der Waals surface area contributed by atoms with Crippen LogP contribution in [-0.2, 0) is 9.59 Å². The molecule has 5 rings (SSSR count). The summed E-state index contributed by atoms with van der Waals surface area (Å²) in [6, 6.07) is 20.6. The van der Waals surface area contributed by atoms with Crippen LogP contribution in [0.15, 0.2) is 79.1 Å². The zero-order valence-corrected chi connectivity index (χ0v) is 19.7. The Morgan fingerprint density at radius 3 is 2.46 bits per heavy atom. The number of anilines is 1. The van der Waals surface area contributed by atoms with Gasteiger partial charge in [0.25, 0.3) is 5.91 Å². The van der Waals surface area contributed by atoms with Crippen LogP contribution >= 0.6 is 0 Å². The van der Waals surface area contributed by atoms with E-state index < -0.39 is 5.66 Å². The van der Waals surface area contributed by atoms with E-state index in [0.29, 0.717) is 37.1 Å². The van der Waals surface area contributed by atoms with Crippen molar-refractivity contribution in [3.63, 3.8) is 0 Å². The average molecular weight is 469 g/mol. The predicted molar refractivity (Wildman–Crippen MR) is 133 cm³/mol. The Morgan fingerprint density at radius 1 is 1.00 bits per heavy atom. The number of hydrogen-bond donors (Lipinski definition) is 1. The number of aromatic nitrogens is 1. The molecule has 7 heteroatoms. The van der Waals surface area contributed by atoms with Crippen LogP contribution in [0.4, 0.5) is 5.69 Å². The van der Waals surface area contributed by atoms with Gasteiger partial charge in [-0.1, -0.05) is 42.5 Å². The maximum atomic E-state index is 13.4. The molecule has 1 saturated heterocycles. The largest absolute Gasteiger partial charge is 0.345 e. The number of carbonyl (C=O) groups excluding carboxylic acids is 3. The maximum absolute atomic E-state index is 13.4. The lowest BCUT2D eigenvalue weighted by Gasteiger charge is -2.48. The summed E-state index contributed by atoms with van der Waals surface area (Å²) in [5.74, 6) is -0.156. The third-order valence-corrected chi connectivity index (χ3v) is 7.01. The summed E-state index contributed by atoms with van der Waals surface area (Å²) in [6.45, 7) is 2.34. The van der Waals surface area contributed by atoms with Gasteiger partial charge >= 0.3 is 0 Å². The molecule has 3 aromatic rings. The van der Waals surface area contributed by atoms with Gasteiger partial charge in [0.2, 0.25) is 11.8 Å². The van der Waals surface area contributed by atoms with Gasteiger partial charge in [0, 0.05) is 31.8 Å². The number of benzene rings is 2. The monoisotopic (exact) mass is 468 g/mol. The average Bonchev–Trinajstić information content (AvgIpc) is 3.20. The molecule has 1 aromatic heterocycles. The number of para-hydroxylation sites is 1. The number of pyridine rings is 1. The first kappa shape index (κ1) is 22.8. The molecular formula is C28H28N4O3. The van der Waals surface area contributed by atoms with Crippen LogP contribution in [0.2, 0.25) is 0 Å². The number of nitrogens with one attached hydrogen (secondary N) is 1. The van der Waals surface area contributed by atoms with Crippen LogP contribution in [0.25, 0.3) is 0 Å². The van der Waals surface area contributed by atoms with Crippen LogP contribution in [0.3, 0.4) is 0 Å². The smallest absolute Gasteiger partial charge is 0.257 e. The summed E-state index contributed by atoms with van der Waals surface area (Å²) < 4.78 is 0. The number of amides is 3. The van der Waals surface area contributed by atoms with Gasteiger partial charge < -0.3 is 10.2 Å². The van der Waals surface area contributed by atoms with E-state index in [9.17, 15) is 14.4 Å². The highest BCUT2D eigenvalue weighted by atomic mass is 16.2. The fourth-order valence-electron chi connectivity index (χ4n) is 5.23. The van der Waals surface area contributed by atoms with Gasteiger partial charge in [0.1, 0.15) is 5.66 Å². The van der Waals surface area contributed by atoms with Crippen molar-refractivity contribution in [3.05, 3.63) is 95.8 Å². The van der Waals surface area contributed by atoms with E-state index in [0.717, 1.165) is 11.1 Å². The Balaban J connectivity index is 1.29. The zero-order valence-electron chi connectivity index (χ0n) is 19.7. The van der Waals surface area contributed by atoms with Crippen molar-refractivity contribution < 1.29 is 14.4 Å². The highest BCUT2D eigenvalue weighted by Gasteiger charge is 2.52. The second kappa shape index (κ2) is 9.33. The molecule has 0 saturated carbocycles. The highest BCUT2D eigenvalue weighted by Crippen LogP contribution is 2.44. The molecule has 3 heterocycles. The Hall–Kier alpha value is -4.00. The van der Waals surface area contributed by atoms with Crippen molar-refractivity contribution in [1.29, 1.82) is 0 Å². The van der Waals surface area contributed by atoms with E-state index in [-0.39, 0.29) is 30.2 Å². The topological polar surface area (TPSA) is 82.6 Å². The van der Waals surface area contributed by atoms with Gasteiger partial charge in [-0.2, -0.15) is 0 Å². The van der Waals surface area contributed by atoms with Crippen molar-refractivity contribution >= 4 is 23.4 Å². The van der Waals surface area contributed by atoms with Gasteiger partial charge in [-0.05, 0) is 55.2 Å². The fraction of sp³-hybridized carbons (Fsp3) is 0.286. The Kier molecular flexibility index (Phi) is 6.07. The SMILES string of the molecule is CC12CCC(=O)N1c1ccccc1C(=O)N2CCCC(=O)NC(c1ccccc1)c1ccncc1. The Morgan fingerprint density at radius 2 is 1.69 bits per heavy atom. The van der Waals surface area contributed by atoms with Crippen molar-refractivity contribution in [2.75, 3.05) is 11.4 Å². The molecular weight excluding hydrogens is 440 g/mol. The lowest BCUT2D eigenvalue weighted by Crippen LogP contribution is -2.62. The predicted octanol–water partition coefficient (Wildman–Crippen LogP) is 4.07. The van der Waals surface area contributed by atoms with Crippen molar-refractivity contribution in [2.24, 2.45) is 0 Å². The van der Waals surface area contributed by atoms with Gasteiger partial charge in [-0.3, -0.25) is 24.3 Å². The first-order valence-electron chi connectivity index (χ1n) is 12.0. The molecule has 1 N–H and O–H groups in total. The van der Waals surface area contributed by atoms with Crippen molar-refractivity contribution in [3.8, 4) is 0 Å². The molecule has 2 unspecified atom stereocenters. The molecule has 2 aromatic carbocycles. The number of carbonyl (C=O) groups is 3. The number of fused-ring (bicyclic) bond motifs is 3. The first-order chi connectivity index (χ1) is 17.0. The maximum Gasteiger partial charge on any atom is 0.257 e. The van der Waals surface area contributed by atoms with Crippen LogP contribution in [0.5, 0.6) is 0 Å². The van der Waals surface area contributed by atoms with E-state index in [2.05, 4.69) is 10.3 Å². The molecule has 2 aliphatic rings. The highest BCUT2D eigenvalue weighted by molar-refractivity contribution is 6.10. The third kappa shape index (κ3) is 4.18. The molecule has 2 atom stereocenters. The molecule has 0 radical (unpaired) electrons. The van der Waals surface area contributed by atoms with Crippen LogP contribution in [0, 0.1) is 0 Å². The summed E-state index contributed by atoms with van der Waals surface area (Å²) >= 11 is 0. The molecule has 0 spiro atoms. The minimum Gasteiger partial charge on any atom is -0.345 e. The van der Waals surface area contributed by atoms with E-state index >= 15 is 0 Å². The van der Waals surface area contributed by atoms with Gasteiger partial charge in [-0.25, -0.2) is 0 Å². The van der Waals surface area contributed by atoms with Gasteiger partial charge in [0.05, 0.1) is 17.3 Å². The zero-order chi connectivity index (χ0) is 24.4. The van der Waals surface area contributed by atoms with Crippen molar-refractivity contribution in [2.45, 2.75) is 44.3 Å². The second-order valence-corrected chi connectivity index (χ2v) is 9.22. The molecule has 3 amide bonds. The minimum atomic E-state index is -0.706. The summed E-state index contributed by atoms with van der Waals surface area (Å²) in [5.41, 5.74) is 2.45. The lowest BCUT2D eigenvalue weighted by atomic mass is 9.97. The van der Waals surface area contributed by atoms with E-state index in [1.165, 1.54) is 0 Å². The van der Waals surface area contributed by atoms with Crippen molar-refractivity contribution in [1.82, 2.24) is 15.2 Å². The van der Waals surface area contributed by atoms with Crippen LogP contribution < -0.4 is 10.2 Å². The van der Waals surface area contributed by atoms with E-state index in [1.807, 2.05) is 67.6 Å². The molecule has 0 bridgehead atoms. The molecule has 35 heavy (non-hydrogen) atoms. The molecule has 2 aliphatic heterocycles. The summed E-state index contributed by atoms with van der Waals surface area (Å²) in [6.07, 6.45) is 5.17. The van der Waals surface area contributed by atoms with E-state index in [1.54, 1.807) is 28.3 Å².